The van der Waals surface area contributed by atoms with Gasteiger partial charge in [-0.25, -0.2) is 0 Å². The molecule has 84 heavy (non-hydrogen) atoms. The summed E-state index contributed by atoms with van der Waals surface area (Å²) in [4.78, 5) is 0. The van der Waals surface area contributed by atoms with E-state index in [1.807, 2.05) is 0 Å². The number of aliphatic hydroxyl groups is 2. The lowest BCUT2D eigenvalue weighted by Crippen LogP contribution is -2.51. The number of hydrogen-bond acceptors (Lipinski definition) is 16. The molecule has 504 valence electrons. The van der Waals surface area contributed by atoms with Crippen molar-refractivity contribution in [2.75, 3.05) is 92.5 Å². The zero-order valence-electron chi connectivity index (χ0n) is 59.7. The van der Waals surface area contributed by atoms with Gasteiger partial charge in [0.2, 0.25) is 0 Å². The van der Waals surface area contributed by atoms with E-state index >= 15 is 0 Å². The average molecular weight is 1400 g/mol. The van der Waals surface area contributed by atoms with Gasteiger partial charge in [-0.15, -0.1) is 19.7 Å². The topological polar surface area (TPSA) is 170 Å². The van der Waals surface area contributed by atoms with Crippen LogP contribution in [0, 0.1) is 10.8 Å². The van der Waals surface area contributed by atoms with Crippen LogP contribution in [0.4, 0.5) is 0 Å². The van der Waals surface area contributed by atoms with E-state index in [0.29, 0.717) is 79.3 Å². The third kappa shape index (κ3) is 53.8. The van der Waals surface area contributed by atoms with Gasteiger partial charge >= 0.3 is 34.2 Å². The van der Waals surface area contributed by atoms with Crippen molar-refractivity contribution in [1.29, 1.82) is 0 Å². The largest absolute Gasteiger partial charge is 0.440 e. The van der Waals surface area contributed by atoms with Crippen LogP contribution in [0.2, 0.25) is 201 Å². The summed E-state index contributed by atoms with van der Waals surface area (Å²) in [5, 5.41) is 20.4. The van der Waals surface area contributed by atoms with E-state index in [0.717, 1.165) is 37.4 Å². The van der Waals surface area contributed by atoms with Gasteiger partial charge in [-0.3, -0.25) is 0 Å². The molecule has 0 rings (SSSR count). The van der Waals surface area contributed by atoms with Crippen molar-refractivity contribution in [3.05, 3.63) is 38.0 Å². The van der Waals surface area contributed by atoms with Crippen LogP contribution in [-0.4, -0.2) is 204 Å². The van der Waals surface area contributed by atoms with E-state index in [1.165, 1.54) is 0 Å². The lowest BCUT2D eigenvalue weighted by Gasteiger charge is -2.37. The van der Waals surface area contributed by atoms with Crippen LogP contribution in [0.25, 0.3) is 0 Å². The highest BCUT2D eigenvalue weighted by molar-refractivity contribution is 6.89. The normalized spacial score (nSPS) is 14.0. The van der Waals surface area contributed by atoms with E-state index in [1.54, 1.807) is 18.2 Å². The Labute approximate surface area is 531 Å². The van der Waals surface area contributed by atoms with Crippen LogP contribution < -0.4 is 0 Å². The van der Waals surface area contributed by atoms with Crippen LogP contribution >= 0.6 is 0 Å². The summed E-state index contributed by atoms with van der Waals surface area (Å²) in [6.07, 6.45) is 7.70. The highest BCUT2D eigenvalue weighted by atomic mass is 28.5. The van der Waals surface area contributed by atoms with Crippen molar-refractivity contribution in [2.45, 2.75) is 221 Å². The van der Waals surface area contributed by atoms with Gasteiger partial charge in [0.1, 0.15) is 0 Å². The van der Waals surface area contributed by atoms with E-state index < -0.39 is 112 Å². The van der Waals surface area contributed by atoms with Crippen molar-refractivity contribution in [3.8, 4) is 0 Å². The second-order valence-electron chi connectivity index (χ2n) is 30.4. The molecule has 16 nitrogen and oxygen atoms in total. The van der Waals surface area contributed by atoms with Crippen LogP contribution in [0.3, 0.4) is 0 Å². The summed E-state index contributed by atoms with van der Waals surface area (Å²) in [7, 11) is -21.5. The molecule has 0 aromatic carbocycles. The van der Waals surface area contributed by atoms with Crippen LogP contribution in [0.1, 0.15) is 19.3 Å². The SMILES string of the molecule is C=CCOCC(CO)(COCC=C)COCC=C.C[SiH](C)O[Si](C)(C)O[Si](C)(C)C.C[Si](C)(C)O[Si](C)(C)O[Si](C)(C)CCCOCC(CO)(COCCC[Si](C)(C)O[Si](C)(C)O[Si](C)(C)C)COCCC[Si](C)(C)O[Si](C)(C)O[Si](C)(C)C. The minimum Gasteiger partial charge on any atom is -0.440 e. The van der Waals surface area contributed by atoms with Gasteiger partial charge < -0.3 is 71.6 Å². The fraction of sp³-hybridized carbons (Fsp3) is 0.893. The molecule has 0 aliphatic rings. The molecule has 0 bridgehead atoms. The molecular weight excluding hydrogens is 1270 g/mol. The van der Waals surface area contributed by atoms with Crippen molar-refractivity contribution >= 4 is 102 Å². The summed E-state index contributed by atoms with van der Waals surface area (Å²) in [5.74, 6) is 0. The lowest BCUT2D eigenvalue weighted by atomic mass is 9.92. The third-order valence-corrected chi connectivity index (χ3v) is 50.3. The Morgan fingerprint density at radius 1 is 0.333 bits per heavy atom. The molecule has 2 N–H and O–H groups in total. The second-order valence-corrected chi connectivity index (χ2v) is 79.3. The Kier molecular flexibility index (Phi) is 43.6. The number of hydrogen-bond donors (Lipinski definition) is 2. The van der Waals surface area contributed by atoms with E-state index in [4.69, 9.17) is 61.3 Å². The Hall–Kier alpha value is 1.18. The lowest BCUT2D eigenvalue weighted by molar-refractivity contribution is -0.0926. The maximum Gasteiger partial charge on any atom is 0.311 e. The average Bonchev–Trinajstić information content (AvgIpc) is 3.23. The minimum absolute atomic E-state index is 0.0709. The van der Waals surface area contributed by atoms with Gasteiger partial charge in [0.15, 0.2) is 67.3 Å². The smallest absolute Gasteiger partial charge is 0.311 e. The van der Waals surface area contributed by atoms with E-state index in [9.17, 15) is 10.2 Å². The molecular formula is C56H136O16Si12. The Morgan fingerprint density at radius 2 is 0.548 bits per heavy atom. The molecule has 0 atom stereocenters. The standard InChI is InChI=1S/C35H90O10Si9.C14H24O4.C7H22O2Si3/c1-46(2,3)40-52(16,17)43-49(10,11)28-22-25-37-32-35(31-36,33-38-26-23-29-50(12,13)44-53(18,19)41-47(4,5)6)34-39-27-24-30-51(14,15)45-54(20,21)42-48(7,8)9;1-4-7-16-11-14(10-15,12-17-8-5-2)13-18-9-6-3;1-10(2)8-12(6,7)9-11(3,4)5/h36H,22-34H2,1-21H3;4-6,15H,1-3,7-13H2;10H,1-7H3. The first-order chi connectivity index (χ1) is 37.8. The fourth-order valence-electron chi connectivity index (χ4n) is 10.0. The predicted octanol–water partition coefficient (Wildman–Crippen LogP) is 14.6. The van der Waals surface area contributed by atoms with Crippen molar-refractivity contribution in [3.63, 3.8) is 0 Å². The molecule has 0 aromatic heterocycles. The molecule has 0 saturated carbocycles. The first-order valence-electron chi connectivity index (χ1n) is 30.9. The maximum absolute atomic E-state index is 10.8. The second kappa shape index (κ2) is 41.0. The molecule has 0 aliphatic heterocycles. The van der Waals surface area contributed by atoms with Gasteiger partial charge in [-0.05, 0) is 221 Å². The van der Waals surface area contributed by atoms with Crippen LogP contribution in [0.15, 0.2) is 38.0 Å². The minimum atomic E-state index is -2.19. The van der Waals surface area contributed by atoms with Crippen LogP contribution in [-0.2, 0) is 61.3 Å². The zero-order valence-corrected chi connectivity index (χ0v) is 71.8. The predicted molar refractivity (Wildman–Crippen MR) is 386 cm³/mol. The summed E-state index contributed by atoms with van der Waals surface area (Å²) >= 11 is 0. The molecule has 0 amide bonds. The van der Waals surface area contributed by atoms with Gasteiger partial charge in [0.25, 0.3) is 0 Å². The van der Waals surface area contributed by atoms with Crippen LogP contribution in [0.5, 0.6) is 0 Å². The van der Waals surface area contributed by atoms with Gasteiger partial charge in [-0.1, -0.05) is 18.2 Å². The van der Waals surface area contributed by atoms with Crippen molar-refractivity contribution in [2.24, 2.45) is 10.8 Å². The molecule has 28 heteroatoms. The first kappa shape index (κ1) is 89.4. The van der Waals surface area contributed by atoms with Crippen molar-refractivity contribution < 1.29 is 71.6 Å². The molecule has 0 unspecified atom stereocenters. The third-order valence-electron chi connectivity index (χ3n) is 11.3. The summed E-state index contributed by atoms with van der Waals surface area (Å²) in [6, 6.07) is 2.98. The molecule has 0 aliphatic carbocycles. The van der Waals surface area contributed by atoms with Gasteiger partial charge in [-0.2, -0.15) is 0 Å². The Balaban J connectivity index is -0.00000176. The molecule has 0 aromatic rings. The van der Waals surface area contributed by atoms with E-state index in [-0.39, 0.29) is 13.2 Å². The number of rotatable bonds is 48. The molecule has 0 fully saturated rings. The quantitative estimate of drug-likeness (QED) is 0.0335. The first-order valence-corrected chi connectivity index (χ1v) is 67.9. The Morgan fingerprint density at radius 3 is 0.738 bits per heavy atom. The van der Waals surface area contributed by atoms with E-state index in [2.05, 4.69) is 203 Å². The molecule has 0 heterocycles. The summed E-state index contributed by atoms with van der Waals surface area (Å²) in [6.45, 7) is 78.0. The van der Waals surface area contributed by atoms with Gasteiger partial charge in [0, 0.05) is 19.8 Å². The summed E-state index contributed by atoms with van der Waals surface area (Å²) < 4.78 is 86.6. The highest BCUT2D eigenvalue weighted by Crippen LogP contribution is 2.29. The van der Waals surface area contributed by atoms with Gasteiger partial charge in [0.05, 0.1) is 83.5 Å². The number of aliphatic hydroxyl groups excluding tert-OH is 2. The summed E-state index contributed by atoms with van der Waals surface area (Å²) in [5.41, 5.74) is -1.20. The maximum atomic E-state index is 10.8. The fourth-order valence-corrected chi connectivity index (χ4v) is 60.6. The molecule has 0 spiro atoms. The highest BCUT2D eigenvalue weighted by Gasteiger charge is 2.41. The molecule has 0 radical (unpaired) electrons. The molecule has 0 saturated heterocycles. The number of ether oxygens (including phenoxy) is 6. The van der Waals surface area contributed by atoms with Crippen molar-refractivity contribution in [1.82, 2.24) is 0 Å². The zero-order chi connectivity index (χ0) is 66.2. The monoisotopic (exact) mass is 1400 g/mol. The Bertz CT molecular complexity index is 1590.